The monoisotopic (exact) mass is 539 g/mol. The third-order valence-corrected chi connectivity index (χ3v) is 6.48. The predicted molar refractivity (Wildman–Crippen MR) is 128 cm³/mol. The SMILES string of the molecule is COc1ccc(CN(CC(C)C)C(=O)c2ccc(C(F)(F)F)cc2)cc1OS(=O)(=O)c1ccc(F)cc1. The van der Waals surface area contributed by atoms with Crippen LogP contribution in [0.15, 0.2) is 71.6 Å². The van der Waals surface area contributed by atoms with Crippen LogP contribution in [0.25, 0.3) is 0 Å². The number of ether oxygens (including phenoxy) is 1. The number of amides is 1. The van der Waals surface area contributed by atoms with Gasteiger partial charge in [-0.15, -0.1) is 0 Å². The summed E-state index contributed by atoms with van der Waals surface area (Å²) in [6.07, 6.45) is -4.52. The molecule has 3 aromatic carbocycles. The second kappa shape index (κ2) is 11.2. The van der Waals surface area contributed by atoms with E-state index in [1.165, 1.54) is 24.1 Å². The van der Waals surface area contributed by atoms with Crippen LogP contribution in [0.1, 0.15) is 35.3 Å². The Morgan fingerprint density at radius 3 is 2.11 bits per heavy atom. The Hall–Kier alpha value is -3.60. The van der Waals surface area contributed by atoms with E-state index < -0.39 is 33.6 Å². The number of hydrogen-bond acceptors (Lipinski definition) is 5. The number of halogens is 4. The number of benzene rings is 3. The lowest BCUT2D eigenvalue weighted by Gasteiger charge is -2.25. The van der Waals surface area contributed by atoms with Crippen molar-refractivity contribution in [3.05, 3.63) is 89.2 Å². The molecule has 0 aliphatic rings. The molecule has 6 nitrogen and oxygen atoms in total. The fourth-order valence-corrected chi connectivity index (χ4v) is 4.45. The minimum Gasteiger partial charge on any atom is -0.493 e. The maximum atomic E-state index is 13.2. The molecule has 0 aliphatic carbocycles. The van der Waals surface area contributed by atoms with Gasteiger partial charge in [0.2, 0.25) is 0 Å². The Morgan fingerprint density at radius 1 is 0.946 bits per heavy atom. The first kappa shape index (κ1) is 28.0. The molecule has 0 radical (unpaired) electrons. The Kier molecular flexibility index (Phi) is 8.47. The lowest BCUT2D eigenvalue weighted by molar-refractivity contribution is -0.137. The fourth-order valence-electron chi connectivity index (χ4n) is 3.52. The van der Waals surface area contributed by atoms with E-state index in [4.69, 9.17) is 8.92 Å². The zero-order valence-corrected chi connectivity index (χ0v) is 21.1. The molecular weight excluding hydrogens is 514 g/mol. The number of methoxy groups -OCH3 is 1. The van der Waals surface area contributed by atoms with Gasteiger partial charge in [0.05, 0.1) is 12.7 Å². The van der Waals surface area contributed by atoms with Crippen molar-refractivity contribution < 1.29 is 39.7 Å². The van der Waals surface area contributed by atoms with Gasteiger partial charge in [-0.25, -0.2) is 4.39 Å². The average Bonchev–Trinajstić information content (AvgIpc) is 2.82. The number of carbonyl (C=O) groups excluding carboxylic acids is 1. The molecule has 0 saturated carbocycles. The Morgan fingerprint density at radius 2 is 1.57 bits per heavy atom. The lowest BCUT2D eigenvalue weighted by Crippen LogP contribution is -2.33. The Labute approximate surface area is 212 Å². The van der Waals surface area contributed by atoms with Crippen LogP contribution in [0.5, 0.6) is 11.5 Å². The van der Waals surface area contributed by atoms with Gasteiger partial charge in [-0.1, -0.05) is 19.9 Å². The van der Waals surface area contributed by atoms with E-state index in [2.05, 4.69) is 0 Å². The highest BCUT2D eigenvalue weighted by Crippen LogP contribution is 2.32. The van der Waals surface area contributed by atoms with E-state index in [1.807, 2.05) is 13.8 Å². The highest BCUT2D eigenvalue weighted by Gasteiger charge is 2.30. The third kappa shape index (κ3) is 7.22. The maximum absolute atomic E-state index is 13.2. The molecule has 0 saturated heterocycles. The fraction of sp³-hybridized carbons (Fsp3) is 0.269. The van der Waals surface area contributed by atoms with Crippen LogP contribution in [0.3, 0.4) is 0 Å². The van der Waals surface area contributed by atoms with Gasteiger partial charge in [-0.2, -0.15) is 21.6 Å². The summed E-state index contributed by atoms with van der Waals surface area (Å²) >= 11 is 0. The van der Waals surface area contributed by atoms with Crippen LogP contribution in [0.2, 0.25) is 0 Å². The van der Waals surface area contributed by atoms with Crippen molar-refractivity contribution in [1.29, 1.82) is 0 Å². The normalized spacial score (nSPS) is 11.9. The van der Waals surface area contributed by atoms with E-state index in [1.54, 1.807) is 6.07 Å². The summed E-state index contributed by atoms with van der Waals surface area (Å²) in [7, 11) is -3.00. The molecule has 0 N–H and O–H groups in total. The van der Waals surface area contributed by atoms with Crippen LogP contribution >= 0.6 is 0 Å². The molecule has 0 bridgehead atoms. The minimum atomic E-state index is -4.52. The van der Waals surface area contributed by atoms with Gasteiger partial charge in [0.15, 0.2) is 11.5 Å². The van der Waals surface area contributed by atoms with Gasteiger partial charge in [0.1, 0.15) is 10.7 Å². The van der Waals surface area contributed by atoms with E-state index in [0.717, 1.165) is 48.5 Å². The first-order valence-electron chi connectivity index (χ1n) is 11.1. The highest BCUT2D eigenvalue weighted by atomic mass is 32.2. The smallest absolute Gasteiger partial charge is 0.416 e. The second-order valence-corrected chi connectivity index (χ2v) is 10.2. The summed E-state index contributed by atoms with van der Waals surface area (Å²) < 4.78 is 87.8. The van der Waals surface area contributed by atoms with Crippen molar-refractivity contribution >= 4 is 16.0 Å². The quantitative estimate of drug-likeness (QED) is 0.249. The van der Waals surface area contributed by atoms with Gasteiger partial charge < -0.3 is 13.8 Å². The zero-order valence-electron chi connectivity index (χ0n) is 20.3. The van der Waals surface area contributed by atoms with Crippen molar-refractivity contribution in [2.75, 3.05) is 13.7 Å². The van der Waals surface area contributed by atoms with Crippen LogP contribution in [0, 0.1) is 11.7 Å². The number of carbonyl (C=O) groups is 1. The Balaban J connectivity index is 1.89. The molecule has 0 heterocycles. The lowest BCUT2D eigenvalue weighted by atomic mass is 10.1. The first-order valence-corrected chi connectivity index (χ1v) is 12.5. The molecule has 3 aromatic rings. The van der Waals surface area contributed by atoms with Crippen molar-refractivity contribution in [3.63, 3.8) is 0 Å². The molecule has 0 atom stereocenters. The van der Waals surface area contributed by atoms with Crippen LogP contribution < -0.4 is 8.92 Å². The number of rotatable bonds is 9. The van der Waals surface area contributed by atoms with Gasteiger partial charge >= 0.3 is 16.3 Å². The molecule has 0 fully saturated rings. The summed E-state index contributed by atoms with van der Waals surface area (Å²) in [5, 5.41) is 0. The minimum absolute atomic E-state index is 0.0228. The van der Waals surface area contributed by atoms with Gasteiger partial charge in [0, 0.05) is 18.7 Å². The molecule has 1 amide bonds. The molecule has 0 aliphatic heterocycles. The Bertz CT molecular complexity index is 1340. The molecule has 3 rings (SSSR count). The topological polar surface area (TPSA) is 72.9 Å². The van der Waals surface area contributed by atoms with E-state index >= 15 is 0 Å². The highest BCUT2D eigenvalue weighted by molar-refractivity contribution is 7.87. The molecule has 0 spiro atoms. The van der Waals surface area contributed by atoms with E-state index in [-0.39, 0.29) is 41.0 Å². The maximum Gasteiger partial charge on any atom is 0.416 e. The summed E-state index contributed by atoms with van der Waals surface area (Å²) in [6.45, 7) is 4.07. The number of alkyl halides is 3. The van der Waals surface area contributed by atoms with Gasteiger partial charge in [-0.05, 0) is 72.1 Å². The van der Waals surface area contributed by atoms with Gasteiger partial charge in [0.25, 0.3) is 5.91 Å². The number of nitrogens with zero attached hydrogens (tertiary/aromatic N) is 1. The molecular formula is C26H25F4NO5S. The summed E-state index contributed by atoms with van der Waals surface area (Å²) in [5.41, 5.74) is -0.290. The van der Waals surface area contributed by atoms with Crippen LogP contribution in [0.4, 0.5) is 17.6 Å². The summed E-state index contributed by atoms with van der Waals surface area (Å²) in [6, 6.07) is 12.5. The molecule has 0 unspecified atom stereocenters. The largest absolute Gasteiger partial charge is 0.493 e. The molecule has 0 aromatic heterocycles. The first-order chi connectivity index (χ1) is 17.3. The molecule has 198 valence electrons. The van der Waals surface area contributed by atoms with Crippen molar-refractivity contribution in [1.82, 2.24) is 4.90 Å². The molecule has 11 heteroatoms. The summed E-state index contributed by atoms with van der Waals surface area (Å²) in [4.78, 5) is 14.3. The van der Waals surface area contributed by atoms with E-state index in [9.17, 15) is 30.8 Å². The predicted octanol–water partition coefficient (Wildman–Crippen LogP) is 5.92. The van der Waals surface area contributed by atoms with E-state index in [0.29, 0.717) is 5.56 Å². The van der Waals surface area contributed by atoms with Crippen LogP contribution in [-0.2, 0) is 22.8 Å². The summed E-state index contributed by atoms with van der Waals surface area (Å²) in [5.74, 6) is -1.10. The van der Waals surface area contributed by atoms with Crippen molar-refractivity contribution in [2.24, 2.45) is 5.92 Å². The zero-order chi connectivity index (χ0) is 27.4. The third-order valence-electron chi connectivity index (χ3n) is 5.24. The van der Waals surface area contributed by atoms with Crippen molar-refractivity contribution in [3.8, 4) is 11.5 Å². The van der Waals surface area contributed by atoms with Gasteiger partial charge in [-0.3, -0.25) is 4.79 Å². The molecule has 37 heavy (non-hydrogen) atoms. The van der Waals surface area contributed by atoms with Crippen molar-refractivity contribution in [2.45, 2.75) is 31.5 Å². The second-order valence-electron chi connectivity index (χ2n) is 8.63. The van der Waals surface area contributed by atoms with Crippen LogP contribution in [-0.4, -0.2) is 32.9 Å². The number of hydrogen-bond donors (Lipinski definition) is 0. The average molecular weight is 540 g/mol. The standard InChI is InChI=1S/C26H25F4NO5S/c1-17(2)15-31(25(32)19-5-7-20(8-6-19)26(28,29)30)16-18-4-13-23(35-3)24(14-18)36-37(33,34)22-11-9-21(27)10-12-22/h4-14,17H,15-16H2,1-3H3.